The molecule has 0 radical (unpaired) electrons. The number of amides is 3. The first-order chi connectivity index (χ1) is 27.5. The summed E-state index contributed by atoms with van der Waals surface area (Å²) in [6.45, 7) is 0.00554. The minimum atomic E-state index is -1.32. The van der Waals surface area contributed by atoms with Gasteiger partial charge in [0.1, 0.15) is 35.3 Å². The van der Waals surface area contributed by atoms with Crippen LogP contribution < -0.4 is 20.1 Å². The first-order valence-electron chi connectivity index (χ1n) is 17.6. The fourth-order valence-electron chi connectivity index (χ4n) is 6.69. The molecule has 3 atom stereocenters. The van der Waals surface area contributed by atoms with E-state index in [0.717, 1.165) is 21.6 Å². The molecular weight excluding hydrogens is 773 g/mol. The van der Waals surface area contributed by atoms with Gasteiger partial charge >= 0.3 is 12.1 Å². The van der Waals surface area contributed by atoms with Crippen molar-refractivity contribution in [3.05, 3.63) is 141 Å². The quantitative estimate of drug-likeness (QED) is 0.0995. The maximum absolute atomic E-state index is 13.8. The van der Waals surface area contributed by atoms with E-state index >= 15 is 0 Å². The number of aromatic nitrogens is 1. The van der Waals surface area contributed by atoms with Crippen LogP contribution in [-0.2, 0) is 45.1 Å². The van der Waals surface area contributed by atoms with Crippen LogP contribution in [-0.4, -0.2) is 58.1 Å². The SMILES string of the molecule is COC(=O)[C@H](Cc1ccc(-c2ccc(C#N)cc2)cc1)NC(=O)C1Cc2cc3c(cc2CN1C(=O)O)O[C@@H](c1ccc(OCc2ccc(Cl)c(Cl)n2)cc1)C(=O)N3. The fourth-order valence-corrected chi connectivity index (χ4v) is 6.96. The number of anilines is 1. The largest absolute Gasteiger partial charge is 0.487 e. The van der Waals surface area contributed by atoms with Crippen molar-refractivity contribution in [2.24, 2.45) is 0 Å². The maximum Gasteiger partial charge on any atom is 0.408 e. The van der Waals surface area contributed by atoms with Gasteiger partial charge < -0.3 is 30.0 Å². The van der Waals surface area contributed by atoms with Crippen molar-refractivity contribution in [3.63, 3.8) is 0 Å². The van der Waals surface area contributed by atoms with Crippen LogP contribution in [0.1, 0.15) is 39.6 Å². The van der Waals surface area contributed by atoms with Crippen molar-refractivity contribution in [1.29, 1.82) is 5.26 Å². The van der Waals surface area contributed by atoms with Crippen LogP contribution in [0.3, 0.4) is 0 Å². The predicted octanol–water partition coefficient (Wildman–Crippen LogP) is 6.88. The molecule has 0 saturated heterocycles. The summed E-state index contributed by atoms with van der Waals surface area (Å²) in [4.78, 5) is 57.6. The molecule has 0 aliphatic carbocycles. The number of carboxylic acid groups (broad SMARTS) is 1. The van der Waals surface area contributed by atoms with Gasteiger partial charge in [-0.25, -0.2) is 14.6 Å². The zero-order chi connectivity index (χ0) is 40.2. The summed E-state index contributed by atoms with van der Waals surface area (Å²) in [7, 11) is 1.21. The number of esters is 1. The average molecular weight is 807 g/mol. The molecule has 1 unspecified atom stereocenters. The van der Waals surface area contributed by atoms with E-state index in [1.54, 1.807) is 60.7 Å². The van der Waals surface area contributed by atoms with Crippen molar-refractivity contribution in [1.82, 2.24) is 15.2 Å². The molecule has 5 aromatic rings. The number of nitrogens with zero attached hydrogens (tertiary/aromatic N) is 3. The zero-order valence-corrected chi connectivity index (χ0v) is 31.7. The van der Waals surface area contributed by atoms with Gasteiger partial charge in [0, 0.05) is 18.4 Å². The third-order valence-corrected chi connectivity index (χ3v) is 10.4. The lowest BCUT2D eigenvalue weighted by atomic mass is 9.92. The molecule has 288 valence electrons. The highest BCUT2D eigenvalue weighted by atomic mass is 35.5. The number of nitrogens with one attached hydrogen (secondary N) is 2. The molecule has 2 aliphatic heterocycles. The minimum Gasteiger partial charge on any atom is -0.487 e. The Morgan fingerprint density at radius 1 is 1.00 bits per heavy atom. The maximum atomic E-state index is 13.8. The molecule has 15 heteroatoms. The summed E-state index contributed by atoms with van der Waals surface area (Å²) in [5.74, 6) is -0.916. The fraction of sp³-hybridized carbons (Fsp3) is 0.190. The van der Waals surface area contributed by atoms with Crippen LogP contribution in [0.2, 0.25) is 10.2 Å². The Kier molecular flexibility index (Phi) is 11.3. The van der Waals surface area contributed by atoms with Gasteiger partial charge in [-0.05, 0) is 76.3 Å². The average Bonchev–Trinajstić information content (AvgIpc) is 3.22. The van der Waals surface area contributed by atoms with Crippen LogP contribution >= 0.6 is 23.2 Å². The third-order valence-electron chi connectivity index (χ3n) is 9.69. The highest BCUT2D eigenvalue weighted by molar-refractivity contribution is 6.41. The number of methoxy groups -OCH3 is 1. The number of fused-ring (bicyclic) bond motifs is 2. The molecule has 4 aromatic carbocycles. The Bertz CT molecular complexity index is 2400. The van der Waals surface area contributed by atoms with Crippen LogP contribution in [0.5, 0.6) is 11.5 Å². The van der Waals surface area contributed by atoms with E-state index in [9.17, 15) is 24.3 Å². The minimum absolute atomic E-state index is 0.0214. The lowest BCUT2D eigenvalue weighted by molar-refractivity contribution is -0.145. The highest BCUT2D eigenvalue weighted by Gasteiger charge is 2.38. The van der Waals surface area contributed by atoms with Gasteiger partial charge in [-0.2, -0.15) is 5.26 Å². The Morgan fingerprint density at radius 2 is 1.70 bits per heavy atom. The molecule has 7 rings (SSSR count). The number of carbonyl (C=O) groups is 4. The number of benzene rings is 4. The highest BCUT2D eigenvalue weighted by Crippen LogP contribution is 2.40. The van der Waals surface area contributed by atoms with E-state index in [1.807, 2.05) is 36.4 Å². The van der Waals surface area contributed by atoms with Crippen molar-refractivity contribution in [2.45, 2.75) is 44.2 Å². The number of pyridine rings is 1. The number of rotatable bonds is 10. The van der Waals surface area contributed by atoms with E-state index in [0.29, 0.717) is 50.2 Å². The van der Waals surface area contributed by atoms with Crippen LogP contribution in [0.25, 0.3) is 11.1 Å². The van der Waals surface area contributed by atoms with Gasteiger partial charge in [0.05, 0.1) is 41.7 Å². The number of ether oxygens (including phenoxy) is 3. The molecule has 0 spiro atoms. The normalized spacial score (nSPS) is 16.1. The van der Waals surface area contributed by atoms with Crippen molar-refractivity contribution in [2.75, 3.05) is 12.4 Å². The van der Waals surface area contributed by atoms with E-state index in [1.165, 1.54) is 7.11 Å². The van der Waals surface area contributed by atoms with Gasteiger partial charge in [-0.1, -0.05) is 71.7 Å². The summed E-state index contributed by atoms with van der Waals surface area (Å²) in [6, 6.07) is 27.8. The second kappa shape index (κ2) is 16.6. The molecule has 2 aliphatic rings. The predicted molar refractivity (Wildman–Crippen MR) is 209 cm³/mol. The van der Waals surface area contributed by atoms with Crippen LogP contribution in [0, 0.1) is 11.3 Å². The number of hydrogen-bond donors (Lipinski definition) is 3. The summed E-state index contributed by atoms with van der Waals surface area (Å²) in [5.41, 5.74) is 5.84. The molecule has 0 saturated carbocycles. The smallest absolute Gasteiger partial charge is 0.408 e. The Labute approximate surface area is 336 Å². The summed E-state index contributed by atoms with van der Waals surface area (Å²) in [5, 5.41) is 25.4. The standard InChI is InChI=1S/C42H33Cl2N5O8/c1-55-41(52)34(16-23-2-6-25(7-3-23)26-8-4-24(20-45)5-9-26)48-39(50)35-18-28-17-33-36(19-29(28)21-49(35)42(53)54)57-37(40(51)47-33)27-10-13-31(14-11-27)56-22-30-12-15-32(43)38(44)46-30/h2-15,17,19,34-35,37H,16,18,21-22H2,1H3,(H,47,51)(H,48,50)(H,53,54)/t34-,35?,37-/m0/s1. The topological polar surface area (TPSA) is 180 Å². The van der Waals surface area contributed by atoms with Crippen molar-refractivity contribution in [3.8, 4) is 28.7 Å². The molecule has 1 aromatic heterocycles. The van der Waals surface area contributed by atoms with E-state index in [4.69, 9.17) is 42.7 Å². The molecule has 57 heavy (non-hydrogen) atoms. The lowest BCUT2D eigenvalue weighted by Crippen LogP contribution is -2.55. The first kappa shape index (κ1) is 38.6. The zero-order valence-electron chi connectivity index (χ0n) is 30.2. The molecular formula is C42H33Cl2N5O8. The third kappa shape index (κ3) is 8.62. The second-order valence-corrected chi connectivity index (χ2v) is 14.1. The Hall–Kier alpha value is -6.62. The van der Waals surface area contributed by atoms with E-state index in [-0.39, 0.29) is 31.1 Å². The van der Waals surface area contributed by atoms with Crippen LogP contribution in [0.15, 0.2) is 97.1 Å². The summed E-state index contributed by atoms with van der Waals surface area (Å²) < 4.78 is 16.9. The van der Waals surface area contributed by atoms with E-state index in [2.05, 4.69) is 21.7 Å². The Morgan fingerprint density at radius 3 is 2.35 bits per heavy atom. The lowest BCUT2D eigenvalue weighted by Gasteiger charge is -2.36. The van der Waals surface area contributed by atoms with Gasteiger partial charge in [-0.15, -0.1) is 0 Å². The van der Waals surface area contributed by atoms with E-state index < -0.39 is 42.1 Å². The number of nitriles is 1. The molecule has 13 nitrogen and oxygen atoms in total. The molecule has 3 heterocycles. The summed E-state index contributed by atoms with van der Waals surface area (Å²) >= 11 is 11.9. The molecule has 0 fully saturated rings. The van der Waals surface area contributed by atoms with Gasteiger partial charge in [-0.3, -0.25) is 14.5 Å². The van der Waals surface area contributed by atoms with Gasteiger partial charge in [0.2, 0.25) is 12.0 Å². The molecule has 3 N–H and O–H groups in total. The number of carbonyl (C=O) groups excluding carboxylic acids is 3. The molecule has 3 amide bonds. The van der Waals surface area contributed by atoms with Crippen molar-refractivity contribution >= 4 is 52.8 Å². The van der Waals surface area contributed by atoms with Crippen LogP contribution in [0.4, 0.5) is 10.5 Å². The Balaban J connectivity index is 1.03. The monoisotopic (exact) mass is 805 g/mol. The second-order valence-electron chi connectivity index (χ2n) is 13.3. The van der Waals surface area contributed by atoms with Crippen molar-refractivity contribution < 1.29 is 38.5 Å². The first-order valence-corrected chi connectivity index (χ1v) is 18.4. The van der Waals surface area contributed by atoms with Gasteiger partial charge in [0.15, 0.2) is 0 Å². The number of hydrogen-bond acceptors (Lipinski definition) is 9. The van der Waals surface area contributed by atoms with Gasteiger partial charge in [0.25, 0.3) is 5.91 Å². The summed E-state index contributed by atoms with van der Waals surface area (Å²) in [6.07, 6.45) is -2.25. The molecule has 0 bridgehead atoms. The number of halogens is 2.